The second-order valence-corrected chi connectivity index (χ2v) is 3.79. The zero-order valence-corrected chi connectivity index (χ0v) is 9.06. The van der Waals surface area contributed by atoms with E-state index in [1.54, 1.807) is 6.07 Å². The summed E-state index contributed by atoms with van der Waals surface area (Å²) in [6.45, 7) is 3.61. The fourth-order valence-electron chi connectivity index (χ4n) is 1.77. The summed E-state index contributed by atoms with van der Waals surface area (Å²) in [5.74, 6) is -0.0907. The lowest BCUT2D eigenvalue weighted by Crippen LogP contribution is -2.22. The van der Waals surface area contributed by atoms with Gasteiger partial charge in [-0.25, -0.2) is 0 Å². The van der Waals surface area contributed by atoms with Gasteiger partial charge in [-0.15, -0.1) is 0 Å². The molecular formula is C11H13N3O2. The first kappa shape index (κ1) is 10.8. The predicted octanol–water partition coefficient (Wildman–Crippen LogP) is 1.67. The Hall–Kier alpha value is -1.75. The molecule has 1 aliphatic heterocycles. The summed E-state index contributed by atoms with van der Waals surface area (Å²) in [4.78, 5) is 14.3. The largest absolute Gasteiger partial charge is 0.364 e. The first-order valence-electron chi connectivity index (χ1n) is 5.20. The Balaban J connectivity index is 2.42. The van der Waals surface area contributed by atoms with Gasteiger partial charge in [0.25, 0.3) is 0 Å². The maximum Gasteiger partial charge on any atom is 0.364 e. The molecule has 84 valence electrons. The summed E-state index contributed by atoms with van der Waals surface area (Å²) in [6, 6.07) is 3.19. The lowest BCUT2D eigenvalue weighted by molar-refractivity contribution is -0.389. The quantitative estimate of drug-likeness (QED) is 0.607. The van der Waals surface area contributed by atoms with Gasteiger partial charge in [0.05, 0.1) is 0 Å². The van der Waals surface area contributed by atoms with Crippen molar-refractivity contribution in [3.8, 4) is 0 Å². The molecular weight excluding hydrogens is 206 g/mol. The molecule has 1 N–H and O–H groups in total. The van der Waals surface area contributed by atoms with E-state index in [9.17, 15) is 10.1 Å². The van der Waals surface area contributed by atoms with Gasteiger partial charge in [0.15, 0.2) is 5.69 Å². The summed E-state index contributed by atoms with van der Waals surface area (Å²) in [5.41, 5.74) is 2.76. The zero-order valence-electron chi connectivity index (χ0n) is 9.06. The molecule has 16 heavy (non-hydrogen) atoms. The molecule has 0 amide bonds. The van der Waals surface area contributed by atoms with Crippen molar-refractivity contribution in [2.24, 2.45) is 0 Å². The van der Waals surface area contributed by atoms with Gasteiger partial charge in [-0.1, -0.05) is 6.08 Å². The van der Waals surface area contributed by atoms with Crippen LogP contribution in [0.5, 0.6) is 0 Å². The summed E-state index contributed by atoms with van der Waals surface area (Å²) >= 11 is 0. The topological polar surface area (TPSA) is 68.1 Å². The molecule has 0 aromatic carbocycles. The Morgan fingerprint density at radius 3 is 2.94 bits per heavy atom. The third-order valence-electron chi connectivity index (χ3n) is 2.60. The van der Waals surface area contributed by atoms with E-state index in [0.717, 1.165) is 36.3 Å². The van der Waals surface area contributed by atoms with Crippen LogP contribution >= 0.6 is 0 Å². The highest BCUT2D eigenvalue weighted by Crippen LogP contribution is 2.21. The van der Waals surface area contributed by atoms with Gasteiger partial charge >= 0.3 is 5.82 Å². The predicted molar refractivity (Wildman–Crippen MR) is 61.1 cm³/mol. The number of aryl methyl sites for hydroxylation is 1. The molecule has 0 saturated carbocycles. The molecule has 1 aromatic heterocycles. The number of rotatable bonds is 2. The molecule has 5 nitrogen and oxygen atoms in total. The second-order valence-electron chi connectivity index (χ2n) is 3.79. The fraction of sp³-hybridized carbons (Fsp3) is 0.364. The van der Waals surface area contributed by atoms with Crippen LogP contribution < -0.4 is 5.32 Å². The molecule has 0 atom stereocenters. The average Bonchev–Trinajstić information content (AvgIpc) is 2.30. The molecule has 5 heteroatoms. The Morgan fingerprint density at radius 1 is 1.50 bits per heavy atom. The van der Waals surface area contributed by atoms with Crippen LogP contribution in [0.1, 0.15) is 17.7 Å². The molecule has 0 radical (unpaired) electrons. The number of aromatic nitrogens is 1. The summed E-state index contributed by atoms with van der Waals surface area (Å²) in [5, 5.41) is 13.9. The first-order chi connectivity index (χ1) is 7.68. The molecule has 0 saturated heterocycles. The monoisotopic (exact) mass is 219 g/mol. The van der Waals surface area contributed by atoms with Crippen LogP contribution in [0.3, 0.4) is 0 Å². The number of nitrogens with zero attached hydrogens (tertiary/aromatic N) is 2. The van der Waals surface area contributed by atoms with E-state index < -0.39 is 4.92 Å². The molecule has 0 aliphatic carbocycles. The van der Waals surface area contributed by atoms with Gasteiger partial charge in [-0.05, 0) is 35.9 Å². The first-order valence-corrected chi connectivity index (χ1v) is 5.20. The summed E-state index contributed by atoms with van der Waals surface area (Å²) < 4.78 is 0. The third-order valence-corrected chi connectivity index (χ3v) is 2.60. The van der Waals surface area contributed by atoms with Crippen LogP contribution in [-0.2, 0) is 0 Å². The Bertz CT molecular complexity index is 455. The van der Waals surface area contributed by atoms with E-state index >= 15 is 0 Å². The molecule has 0 unspecified atom stereocenters. The fourth-order valence-corrected chi connectivity index (χ4v) is 1.77. The van der Waals surface area contributed by atoms with Crippen molar-refractivity contribution in [2.75, 3.05) is 13.1 Å². The van der Waals surface area contributed by atoms with Crippen molar-refractivity contribution in [1.29, 1.82) is 0 Å². The lowest BCUT2D eigenvalue weighted by atomic mass is 10.0. The van der Waals surface area contributed by atoms with Crippen molar-refractivity contribution < 1.29 is 4.92 Å². The van der Waals surface area contributed by atoms with Crippen molar-refractivity contribution >= 4 is 11.4 Å². The second kappa shape index (κ2) is 4.40. The molecule has 0 fully saturated rings. The van der Waals surface area contributed by atoms with Gasteiger partial charge in [0, 0.05) is 23.7 Å². The molecule has 1 aliphatic rings. The van der Waals surface area contributed by atoms with Crippen LogP contribution in [0, 0.1) is 17.0 Å². The summed E-state index contributed by atoms with van der Waals surface area (Å²) in [6.07, 6.45) is 3.04. The number of hydrogen-bond donors (Lipinski definition) is 1. The smallest absolute Gasteiger partial charge is 0.358 e. The highest BCUT2D eigenvalue weighted by Gasteiger charge is 2.17. The SMILES string of the molecule is Cc1ccc([N+](=O)[O-])nc1C1=CCCNC1. The van der Waals surface area contributed by atoms with E-state index in [1.807, 2.05) is 6.92 Å². The minimum Gasteiger partial charge on any atom is -0.358 e. The highest BCUT2D eigenvalue weighted by atomic mass is 16.6. The van der Waals surface area contributed by atoms with Gasteiger partial charge in [0.2, 0.25) is 0 Å². The van der Waals surface area contributed by atoms with Crippen LogP contribution in [-0.4, -0.2) is 23.0 Å². The van der Waals surface area contributed by atoms with Crippen LogP contribution in [0.15, 0.2) is 18.2 Å². The number of hydrogen-bond acceptors (Lipinski definition) is 4. The van der Waals surface area contributed by atoms with Gasteiger partial charge in [-0.2, -0.15) is 0 Å². The Kier molecular flexibility index (Phi) is 2.96. The van der Waals surface area contributed by atoms with E-state index in [-0.39, 0.29) is 5.82 Å². The zero-order chi connectivity index (χ0) is 11.5. The van der Waals surface area contributed by atoms with E-state index in [4.69, 9.17) is 0 Å². The molecule has 2 heterocycles. The Labute approximate surface area is 93.3 Å². The van der Waals surface area contributed by atoms with Crippen LogP contribution in [0.25, 0.3) is 5.57 Å². The van der Waals surface area contributed by atoms with Gasteiger partial charge < -0.3 is 15.4 Å². The van der Waals surface area contributed by atoms with Crippen molar-refractivity contribution in [3.63, 3.8) is 0 Å². The van der Waals surface area contributed by atoms with Crippen molar-refractivity contribution in [3.05, 3.63) is 39.6 Å². The number of pyridine rings is 1. The molecule has 1 aromatic rings. The average molecular weight is 219 g/mol. The van der Waals surface area contributed by atoms with Crippen LogP contribution in [0.2, 0.25) is 0 Å². The third kappa shape index (κ3) is 2.09. The molecule has 0 bridgehead atoms. The van der Waals surface area contributed by atoms with Gasteiger partial charge in [-0.3, -0.25) is 0 Å². The van der Waals surface area contributed by atoms with E-state index in [1.165, 1.54) is 6.07 Å². The van der Waals surface area contributed by atoms with Crippen molar-refractivity contribution in [1.82, 2.24) is 10.3 Å². The summed E-state index contributed by atoms with van der Waals surface area (Å²) in [7, 11) is 0. The minimum absolute atomic E-state index is 0.0907. The molecule has 2 rings (SSSR count). The van der Waals surface area contributed by atoms with Crippen molar-refractivity contribution in [2.45, 2.75) is 13.3 Å². The van der Waals surface area contributed by atoms with Gasteiger partial charge in [0.1, 0.15) is 0 Å². The minimum atomic E-state index is -0.459. The Morgan fingerprint density at radius 2 is 2.31 bits per heavy atom. The van der Waals surface area contributed by atoms with E-state index in [2.05, 4.69) is 16.4 Å². The number of nitro groups is 1. The normalized spacial score (nSPS) is 15.7. The standard InChI is InChI=1S/C11H13N3O2/c1-8-4-5-10(14(15)16)13-11(8)9-3-2-6-12-7-9/h3-5,12H,2,6-7H2,1H3. The maximum atomic E-state index is 10.7. The lowest BCUT2D eigenvalue weighted by Gasteiger charge is -2.12. The number of nitrogens with one attached hydrogen (secondary N) is 1. The van der Waals surface area contributed by atoms with Crippen LogP contribution in [0.4, 0.5) is 5.82 Å². The highest BCUT2D eigenvalue weighted by molar-refractivity contribution is 5.67. The van der Waals surface area contributed by atoms with E-state index in [0.29, 0.717) is 0 Å². The maximum absolute atomic E-state index is 10.7. The molecule has 0 spiro atoms.